The monoisotopic (exact) mass is 278 g/mol. The fraction of sp³-hybridized carbons (Fsp3) is 0.688. The normalized spacial score (nSPS) is 15.4. The molecule has 0 bridgehead atoms. The van der Waals surface area contributed by atoms with Crippen molar-refractivity contribution in [1.82, 2.24) is 9.88 Å². The summed E-state index contributed by atoms with van der Waals surface area (Å²) in [5, 5.41) is 13.1. The molecule has 0 aliphatic heterocycles. The van der Waals surface area contributed by atoms with Crippen LogP contribution < -0.4 is 5.32 Å². The molecule has 1 heterocycles. The lowest BCUT2D eigenvalue weighted by molar-refractivity contribution is 0.0314. The van der Waals surface area contributed by atoms with Crippen molar-refractivity contribution in [3.8, 4) is 0 Å². The van der Waals surface area contributed by atoms with E-state index in [1.54, 1.807) is 0 Å². The minimum Gasteiger partial charge on any atom is -0.388 e. The van der Waals surface area contributed by atoms with Crippen LogP contribution in [0.1, 0.15) is 67.3 Å². The van der Waals surface area contributed by atoms with E-state index in [9.17, 15) is 9.90 Å². The highest BCUT2D eigenvalue weighted by atomic mass is 16.3. The van der Waals surface area contributed by atoms with Gasteiger partial charge in [0.15, 0.2) is 0 Å². The number of carbonyl (C=O) groups is 1. The number of aromatic nitrogens is 1. The molecule has 1 aromatic heterocycles. The van der Waals surface area contributed by atoms with Crippen molar-refractivity contribution >= 4 is 5.91 Å². The zero-order chi connectivity index (χ0) is 14.9. The minimum atomic E-state index is -0.794. The fourth-order valence-corrected chi connectivity index (χ4v) is 2.74. The van der Waals surface area contributed by atoms with E-state index >= 15 is 0 Å². The van der Waals surface area contributed by atoms with Crippen LogP contribution in [0.25, 0.3) is 0 Å². The van der Waals surface area contributed by atoms with Gasteiger partial charge in [-0.25, -0.2) is 0 Å². The van der Waals surface area contributed by atoms with Crippen LogP contribution in [-0.2, 0) is 0 Å². The first-order valence-corrected chi connectivity index (χ1v) is 7.61. The maximum Gasteiger partial charge on any atom is 0.253 e. The summed E-state index contributed by atoms with van der Waals surface area (Å²) in [6, 6.07) is 2.54. The van der Waals surface area contributed by atoms with E-state index in [0.717, 1.165) is 17.0 Å². The average molecular weight is 278 g/mol. The third-order valence-electron chi connectivity index (χ3n) is 4.54. The lowest BCUT2D eigenvalue weighted by Gasteiger charge is -2.25. The summed E-state index contributed by atoms with van der Waals surface area (Å²) in [5.74, 6) is -0.0784. The smallest absolute Gasteiger partial charge is 0.253 e. The molecule has 0 radical (unpaired) electrons. The summed E-state index contributed by atoms with van der Waals surface area (Å²) < 4.78 is 2.26. The second-order valence-corrected chi connectivity index (χ2v) is 6.00. The van der Waals surface area contributed by atoms with E-state index in [-0.39, 0.29) is 5.91 Å². The van der Waals surface area contributed by atoms with Crippen molar-refractivity contribution in [1.29, 1.82) is 0 Å². The molecule has 0 atom stereocenters. The number of carbonyl (C=O) groups excluding carboxylic acids is 1. The van der Waals surface area contributed by atoms with Gasteiger partial charge in [0, 0.05) is 24.0 Å². The molecular weight excluding hydrogens is 252 g/mol. The van der Waals surface area contributed by atoms with Gasteiger partial charge in [-0.15, -0.1) is 0 Å². The Bertz CT molecular complexity index is 497. The van der Waals surface area contributed by atoms with E-state index in [1.807, 2.05) is 26.8 Å². The molecular formula is C16H26N2O2. The zero-order valence-electron chi connectivity index (χ0n) is 13.0. The zero-order valence-corrected chi connectivity index (χ0v) is 13.0. The first-order chi connectivity index (χ1) is 9.41. The summed E-state index contributed by atoms with van der Waals surface area (Å²) in [6.07, 6.45) is 3.71. The molecule has 1 aliphatic rings. The second kappa shape index (κ2) is 5.60. The summed E-state index contributed by atoms with van der Waals surface area (Å²) in [6.45, 7) is 8.25. The van der Waals surface area contributed by atoms with Gasteiger partial charge in [-0.05, 0) is 45.6 Å². The fourth-order valence-electron chi connectivity index (χ4n) is 2.74. The molecule has 0 aromatic carbocycles. The van der Waals surface area contributed by atoms with Crippen LogP contribution in [-0.4, -0.2) is 27.7 Å². The molecule has 0 saturated heterocycles. The van der Waals surface area contributed by atoms with Gasteiger partial charge in [0.25, 0.3) is 5.91 Å². The largest absolute Gasteiger partial charge is 0.388 e. The van der Waals surface area contributed by atoms with Gasteiger partial charge in [0.1, 0.15) is 0 Å². The van der Waals surface area contributed by atoms with Crippen LogP contribution in [0.2, 0.25) is 0 Å². The molecule has 0 spiro atoms. The SMILES string of the molecule is CCC(O)(CC)CNC(=O)c1cc(C)n(C2CC2)c1C. The van der Waals surface area contributed by atoms with E-state index in [0.29, 0.717) is 25.4 Å². The number of hydrogen-bond donors (Lipinski definition) is 2. The summed E-state index contributed by atoms with van der Waals surface area (Å²) in [7, 11) is 0. The van der Waals surface area contributed by atoms with Crippen LogP contribution in [0.15, 0.2) is 6.07 Å². The van der Waals surface area contributed by atoms with Gasteiger partial charge in [-0.2, -0.15) is 0 Å². The van der Waals surface area contributed by atoms with Crippen LogP contribution in [0.3, 0.4) is 0 Å². The Kier molecular flexibility index (Phi) is 4.23. The van der Waals surface area contributed by atoms with Gasteiger partial charge in [-0.1, -0.05) is 13.8 Å². The first-order valence-electron chi connectivity index (χ1n) is 7.61. The van der Waals surface area contributed by atoms with Crippen molar-refractivity contribution < 1.29 is 9.90 Å². The lowest BCUT2D eigenvalue weighted by atomic mass is 9.97. The van der Waals surface area contributed by atoms with Crippen molar-refractivity contribution in [3.05, 3.63) is 23.0 Å². The van der Waals surface area contributed by atoms with Gasteiger partial charge in [0.2, 0.25) is 0 Å². The lowest BCUT2D eigenvalue weighted by Crippen LogP contribution is -2.42. The van der Waals surface area contributed by atoms with E-state index in [4.69, 9.17) is 0 Å². The Morgan fingerprint density at radius 3 is 2.50 bits per heavy atom. The Balaban J connectivity index is 2.08. The number of amides is 1. The van der Waals surface area contributed by atoms with E-state index in [2.05, 4.69) is 16.8 Å². The number of aryl methyl sites for hydroxylation is 1. The Labute approximate surface area is 121 Å². The van der Waals surface area contributed by atoms with Crippen molar-refractivity contribution in [3.63, 3.8) is 0 Å². The Morgan fingerprint density at radius 2 is 2.00 bits per heavy atom. The summed E-state index contributed by atoms with van der Waals surface area (Å²) in [5.41, 5.74) is 2.14. The maximum atomic E-state index is 12.3. The van der Waals surface area contributed by atoms with Crippen molar-refractivity contribution in [2.75, 3.05) is 6.54 Å². The van der Waals surface area contributed by atoms with Gasteiger partial charge >= 0.3 is 0 Å². The van der Waals surface area contributed by atoms with Crippen LogP contribution >= 0.6 is 0 Å². The first kappa shape index (κ1) is 15.1. The highest BCUT2D eigenvalue weighted by molar-refractivity contribution is 5.95. The van der Waals surface area contributed by atoms with Crippen molar-refractivity contribution in [2.45, 2.75) is 65.0 Å². The Hall–Kier alpha value is -1.29. The molecule has 1 aromatic rings. The highest BCUT2D eigenvalue weighted by Gasteiger charge is 2.29. The molecule has 0 unspecified atom stereocenters. The molecule has 2 rings (SSSR count). The number of hydrogen-bond acceptors (Lipinski definition) is 2. The molecule has 1 aliphatic carbocycles. The third kappa shape index (κ3) is 2.90. The van der Waals surface area contributed by atoms with E-state index < -0.39 is 5.60 Å². The van der Waals surface area contributed by atoms with Crippen LogP contribution in [0.4, 0.5) is 0 Å². The summed E-state index contributed by atoms with van der Waals surface area (Å²) in [4.78, 5) is 12.3. The molecule has 4 heteroatoms. The third-order valence-corrected chi connectivity index (χ3v) is 4.54. The number of rotatable bonds is 6. The van der Waals surface area contributed by atoms with Crippen LogP contribution in [0, 0.1) is 13.8 Å². The van der Waals surface area contributed by atoms with E-state index in [1.165, 1.54) is 12.8 Å². The standard InChI is InChI=1S/C16H26N2O2/c1-5-16(20,6-2)10-17-15(19)14-9-11(3)18(12(14)4)13-7-8-13/h9,13,20H,5-8,10H2,1-4H3,(H,17,19). The van der Waals surface area contributed by atoms with Gasteiger partial charge < -0.3 is 15.0 Å². The molecule has 1 saturated carbocycles. The quantitative estimate of drug-likeness (QED) is 0.840. The predicted octanol–water partition coefficient (Wildman–Crippen LogP) is 2.72. The van der Waals surface area contributed by atoms with Gasteiger partial charge in [-0.3, -0.25) is 4.79 Å². The molecule has 2 N–H and O–H groups in total. The predicted molar refractivity (Wildman–Crippen MR) is 80.0 cm³/mol. The molecule has 1 fully saturated rings. The maximum absolute atomic E-state index is 12.3. The molecule has 1 amide bonds. The molecule has 20 heavy (non-hydrogen) atoms. The molecule has 112 valence electrons. The minimum absolute atomic E-state index is 0.0784. The number of nitrogens with zero attached hydrogens (tertiary/aromatic N) is 1. The average Bonchev–Trinajstić information content (AvgIpc) is 3.22. The second-order valence-electron chi connectivity index (χ2n) is 6.00. The van der Waals surface area contributed by atoms with Crippen molar-refractivity contribution in [2.24, 2.45) is 0 Å². The topological polar surface area (TPSA) is 54.3 Å². The van der Waals surface area contributed by atoms with Crippen LogP contribution in [0.5, 0.6) is 0 Å². The summed E-state index contributed by atoms with van der Waals surface area (Å²) >= 11 is 0. The van der Waals surface area contributed by atoms with Gasteiger partial charge in [0.05, 0.1) is 11.2 Å². The number of nitrogens with one attached hydrogen (secondary N) is 1. The Morgan fingerprint density at radius 1 is 1.40 bits per heavy atom. The number of aliphatic hydroxyl groups is 1. The highest BCUT2D eigenvalue weighted by Crippen LogP contribution is 2.38. The molecule has 4 nitrogen and oxygen atoms in total.